The number of nitrogens with one attached hydrogen (secondary N) is 1. The van der Waals surface area contributed by atoms with E-state index >= 15 is 0 Å². The molecule has 1 unspecified atom stereocenters. The van der Waals surface area contributed by atoms with Gasteiger partial charge in [0.25, 0.3) is 0 Å². The molecular formula is C12H22N2O5. The molecule has 0 radical (unpaired) electrons. The maximum atomic E-state index is 12.1. The number of likely N-dealkylation sites (tertiary alicyclic amines) is 1. The van der Waals surface area contributed by atoms with E-state index < -0.39 is 24.1 Å². The van der Waals surface area contributed by atoms with Crippen molar-refractivity contribution in [2.75, 3.05) is 20.3 Å². The third-order valence-electron chi connectivity index (χ3n) is 3.28. The lowest BCUT2D eigenvalue weighted by atomic mass is 10.1. The lowest BCUT2D eigenvalue weighted by Crippen LogP contribution is -2.51. The maximum absolute atomic E-state index is 12.1. The molecule has 7 nitrogen and oxygen atoms in total. The molecule has 1 heterocycles. The van der Waals surface area contributed by atoms with E-state index in [1.54, 1.807) is 7.11 Å². The van der Waals surface area contributed by atoms with Crippen LogP contribution in [-0.2, 0) is 9.53 Å². The Hall–Kier alpha value is -1.34. The van der Waals surface area contributed by atoms with Crippen LogP contribution in [0.25, 0.3) is 0 Å². The van der Waals surface area contributed by atoms with E-state index in [1.165, 1.54) is 0 Å². The molecule has 3 N–H and O–H groups in total. The Balaban J connectivity index is 2.67. The summed E-state index contributed by atoms with van der Waals surface area (Å²) in [6, 6.07) is -1.63. The monoisotopic (exact) mass is 274 g/mol. The van der Waals surface area contributed by atoms with Gasteiger partial charge in [0.05, 0.1) is 18.8 Å². The third-order valence-corrected chi connectivity index (χ3v) is 3.28. The van der Waals surface area contributed by atoms with Crippen molar-refractivity contribution in [1.29, 1.82) is 0 Å². The summed E-state index contributed by atoms with van der Waals surface area (Å²) >= 11 is 0. The number of hydrogen-bond donors (Lipinski definition) is 3. The second-order valence-corrected chi connectivity index (χ2v) is 5.15. The van der Waals surface area contributed by atoms with E-state index in [2.05, 4.69) is 5.32 Å². The predicted molar refractivity (Wildman–Crippen MR) is 67.8 cm³/mol. The topological polar surface area (TPSA) is 99.1 Å². The fraction of sp³-hybridized carbons (Fsp3) is 0.833. The lowest BCUT2D eigenvalue weighted by Gasteiger charge is -2.27. The van der Waals surface area contributed by atoms with Crippen molar-refractivity contribution in [3.8, 4) is 0 Å². The smallest absolute Gasteiger partial charge is 0.326 e. The first-order chi connectivity index (χ1) is 8.86. The number of methoxy groups -OCH3 is 1. The quantitative estimate of drug-likeness (QED) is 0.649. The van der Waals surface area contributed by atoms with Gasteiger partial charge < -0.3 is 25.2 Å². The van der Waals surface area contributed by atoms with Gasteiger partial charge in [0.15, 0.2) is 0 Å². The van der Waals surface area contributed by atoms with Gasteiger partial charge in [-0.15, -0.1) is 0 Å². The van der Waals surface area contributed by atoms with Crippen LogP contribution in [0.4, 0.5) is 4.79 Å². The summed E-state index contributed by atoms with van der Waals surface area (Å²) < 4.78 is 5.03. The van der Waals surface area contributed by atoms with Gasteiger partial charge in [-0.2, -0.15) is 0 Å². The predicted octanol–water partition coefficient (Wildman–Crippen LogP) is -0.113. The molecule has 1 aliphatic heterocycles. The van der Waals surface area contributed by atoms with Crippen LogP contribution in [0.5, 0.6) is 0 Å². The molecule has 0 saturated carbocycles. The normalized spacial score (nSPS) is 24.6. The number of hydrogen-bond acceptors (Lipinski definition) is 4. The molecule has 1 fully saturated rings. The Labute approximate surface area is 112 Å². The first-order valence-corrected chi connectivity index (χ1v) is 6.33. The van der Waals surface area contributed by atoms with Crippen LogP contribution in [0.1, 0.15) is 20.3 Å². The average Bonchev–Trinajstić information content (AvgIpc) is 2.70. The van der Waals surface area contributed by atoms with Crippen molar-refractivity contribution in [1.82, 2.24) is 10.2 Å². The third kappa shape index (κ3) is 4.07. The molecule has 0 spiro atoms. The van der Waals surface area contributed by atoms with Crippen molar-refractivity contribution in [2.45, 2.75) is 38.5 Å². The van der Waals surface area contributed by atoms with E-state index in [0.717, 1.165) is 4.90 Å². The number of aliphatic hydroxyl groups excluding tert-OH is 1. The lowest BCUT2D eigenvalue weighted by molar-refractivity contribution is -0.141. The van der Waals surface area contributed by atoms with Crippen molar-refractivity contribution >= 4 is 12.0 Å². The number of aliphatic hydroxyl groups is 1. The summed E-state index contributed by atoms with van der Waals surface area (Å²) in [6.07, 6.45) is -0.717. The number of aliphatic carboxylic acids is 1. The molecule has 3 atom stereocenters. The van der Waals surface area contributed by atoms with Crippen LogP contribution < -0.4 is 5.32 Å². The molecule has 1 rings (SSSR count). The summed E-state index contributed by atoms with van der Waals surface area (Å²) in [6.45, 7) is 4.28. The van der Waals surface area contributed by atoms with Crippen LogP contribution in [0, 0.1) is 5.92 Å². The zero-order valence-corrected chi connectivity index (χ0v) is 11.5. The largest absolute Gasteiger partial charge is 0.480 e. The minimum absolute atomic E-state index is 0.0423. The van der Waals surface area contributed by atoms with Gasteiger partial charge in [0.1, 0.15) is 6.04 Å². The van der Waals surface area contributed by atoms with Crippen molar-refractivity contribution in [2.24, 2.45) is 5.92 Å². The average molecular weight is 274 g/mol. The highest BCUT2D eigenvalue weighted by molar-refractivity contribution is 5.83. The molecule has 7 heteroatoms. The number of nitrogens with zero attached hydrogens (tertiary/aromatic N) is 1. The molecular weight excluding hydrogens is 252 g/mol. The number of urea groups is 1. The van der Waals surface area contributed by atoms with Crippen molar-refractivity contribution in [3.05, 3.63) is 0 Å². The second kappa shape index (κ2) is 6.72. The summed E-state index contributed by atoms with van der Waals surface area (Å²) in [5.41, 5.74) is 0. The van der Waals surface area contributed by atoms with Gasteiger partial charge in [-0.3, -0.25) is 0 Å². The van der Waals surface area contributed by atoms with Gasteiger partial charge in [0, 0.05) is 20.1 Å². The van der Waals surface area contributed by atoms with E-state index in [4.69, 9.17) is 9.84 Å². The highest BCUT2D eigenvalue weighted by Gasteiger charge is 2.39. The minimum atomic E-state index is -1.10. The molecule has 0 aromatic heterocycles. The fourth-order valence-corrected chi connectivity index (χ4v) is 2.09. The Morgan fingerprint density at radius 2 is 2.11 bits per heavy atom. The molecule has 110 valence electrons. The summed E-state index contributed by atoms with van der Waals surface area (Å²) in [7, 11) is 1.54. The molecule has 1 saturated heterocycles. The zero-order chi connectivity index (χ0) is 14.6. The fourth-order valence-electron chi connectivity index (χ4n) is 2.09. The molecule has 19 heavy (non-hydrogen) atoms. The molecule has 1 aliphatic rings. The standard InChI is InChI=1S/C12H22N2O5/c1-7(2)9(6-19-3)13-12(18)14-5-8(15)4-10(14)11(16)17/h7-10,15H,4-6H2,1-3H3,(H,13,18)(H,16,17)/t8-,9?,10+/m1/s1. The maximum Gasteiger partial charge on any atom is 0.326 e. The summed E-state index contributed by atoms with van der Waals surface area (Å²) in [5, 5.41) is 21.3. The summed E-state index contributed by atoms with van der Waals surface area (Å²) in [5.74, 6) is -0.931. The molecule has 0 aromatic rings. The van der Waals surface area contributed by atoms with Crippen LogP contribution in [0.3, 0.4) is 0 Å². The summed E-state index contributed by atoms with van der Waals surface area (Å²) in [4.78, 5) is 24.3. The van der Waals surface area contributed by atoms with E-state index in [0.29, 0.717) is 6.61 Å². The van der Waals surface area contributed by atoms with E-state index in [9.17, 15) is 14.7 Å². The number of carboxylic acids is 1. The number of ether oxygens (including phenoxy) is 1. The number of carbonyl (C=O) groups excluding carboxylic acids is 1. The SMILES string of the molecule is COCC(NC(=O)N1C[C@H](O)C[C@H]1C(=O)O)C(C)C. The molecule has 0 bridgehead atoms. The zero-order valence-electron chi connectivity index (χ0n) is 11.5. The Morgan fingerprint density at radius 3 is 2.58 bits per heavy atom. The van der Waals surface area contributed by atoms with E-state index in [-0.39, 0.29) is 24.9 Å². The minimum Gasteiger partial charge on any atom is -0.480 e. The second-order valence-electron chi connectivity index (χ2n) is 5.15. The van der Waals surface area contributed by atoms with Crippen molar-refractivity contribution in [3.63, 3.8) is 0 Å². The van der Waals surface area contributed by atoms with Crippen LogP contribution in [0.15, 0.2) is 0 Å². The van der Waals surface area contributed by atoms with Gasteiger partial charge >= 0.3 is 12.0 Å². The molecule has 0 aliphatic carbocycles. The number of amides is 2. The Bertz CT molecular complexity index is 334. The number of rotatable bonds is 5. The number of carboxylic acid groups (broad SMARTS) is 1. The first kappa shape index (κ1) is 15.7. The number of carbonyl (C=O) groups is 2. The molecule has 2 amide bonds. The Morgan fingerprint density at radius 1 is 1.47 bits per heavy atom. The highest BCUT2D eigenvalue weighted by Crippen LogP contribution is 2.18. The van der Waals surface area contributed by atoms with Crippen LogP contribution in [0.2, 0.25) is 0 Å². The number of β-amino-alcohol motifs (C(OH)–C–C–N with tert-alkyl or cyclic N) is 1. The molecule has 0 aromatic carbocycles. The van der Waals surface area contributed by atoms with Crippen LogP contribution >= 0.6 is 0 Å². The van der Waals surface area contributed by atoms with Gasteiger partial charge in [-0.25, -0.2) is 9.59 Å². The van der Waals surface area contributed by atoms with Crippen molar-refractivity contribution < 1.29 is 24.5 Å². The Kier molecular flexibility index (Phi) is 5.56. The van der Waals surface area contributed by atoms with E-state index in [1.807, 2.05) is 13.8 Å². The van der Waals surface area contributed by atoms with Gasteiger partial charge in [-0.05, 0) is 5.92 Å². The first-order valence-electron chi connectivity index (χ1n) is 6.33. The van der Waals surface area contributed by atoms with Gasteiger partial charge in [0.2, 0.25) is 0 Å². The van der Waals surface area contributed by atoms with Gasteiger partial charge in [-0.1, -0.05) is 13.8 Å². The highest BCUT2D eigenvalue weighted by atomic mass is 16.5. The van der Waals surface area contributed by atoms with Crippen LogP contribution in [-0.4, -0.2) is 65.6 Å².